The van der Waals surface area contributed by atoms with Gasteiger partial charge in [0.1, 0.15) is 0 Å². The highest BCUT2D eigenvalue weighted by molar-refractivity contribution is 9.10. The van der Waals surface area contributed by atoms with E-state index in [4.69, 9.17) is 10.2 Å². The Hall–Kier alpha value is -1.29. The minimum atomic E-state index is 0.194. The molecule has 0 atom stereocenters. The molecule has 3 nitrogen and oxygen atoms in total. The van der Waals surface area contributed by atoms with Crippen molar-refractivity contribution in [2.75, 3.05) is 5.73 Å². The van der Waals surface area contributed by atoms with Gasteiger partial charge < -0.3 is 10.2 Å². The third-order valence-electron chi connectivity index (χ3n) is 2.06. The first kappa shape index (κ1) is 9.27. The summed E-state index contributed by atoms with van der Waals surface area (Å²) < 4.78 is 6.30. The minimum Gasteiger partial charge on any atom is -0.424 e. The second kappa shape index (κ2) is 3.46. The number of hydrogen-bond acceptors (Lipinski definition) is 3. The number of nitrogens with two attached hydrogens (primary N) is 1. The summed E-state index contributed by atoms with van der Waals surface area (Å²) in [4.78, 5) is 3.86. The van der Waals surface area contributed by atoms with Gasteiger partial charge in [-0.25, -0.2) is 4.98 Å². The molecule has 4 heteroatoms. The molecule has 0 radical (unpaired) electrons. The monoisotopic (exact) mass is 252 g/mol. The average molecular weight is 253 g/mol. The molecule has 1 aromatic heterocycles. The zero-order valence-electron chi connectivity index (χ0n) is 7.62. The van der Waals surface area contributed by atoms with Crippen LogP contribution in [0.1, 0.15) is 5.56 Å². The molecule has 0 aliphatic rings. The van der Waals surface area contributed by atoms with Gasteiger partial charge in [0.25, 0.3) is 6.01 Å². The first-order valence-electron chi connectivity index (χ1n) is 4.15. The van der Waals surface area contributed by atoms with Crippen LogP contribution in [0.25, 0.3) is 11.3 Å². The third kappa shape index (κ3) is 1.53. The summed E-state index contributed by atoms with van der Waals surface area (Å²) in [6.45, 7) is 2.01. The second-order valence-electron chi connectivity index (χ2n) is 2.98. The summed E-state index contributed by atoms with van der Waals surface area (Å²) in [7, 11) is 0. The first-order chi connectivity index (χ1) is 6.68. The largest absolute Gasteiger partial charge is 0.424 e. The maximum Gasteiger partial charge on any atom is 0.292 e. The summed E-state index contributed by atoms with van der Waals surface area (Å²) >= 11 is 3.46. The van der Waals surface area contributed by atoms with Crippen molar-refractivity contribution in [3.8, 4) is 11.3 Å². The number of anilines is 1. The van der Waals surface area contributed by atoms with E-state index in [1.165, 1.54) is 0 Å². The topological polar surface area (TPSA) is 52.0 Å². The number of hydrogen-bond donors (Lipinski definition) is 1. The van der Waals surface area contributed by atoms with Crippen LogP contribution in [0.4, 0.5) is 6.01 Å². The number of rotatable bonds is 1. The number of nitrogens with zero attached hydrogens (tertiary/aromatic N) is 1. The molecule has 0 spiro atoms. The van der Waals surface area contributed by atoms with Crippen molar-refractivity contribution in [1.29, 1.82) is 0 Å². The van der Waals surface area contributed by atoms with E-state index in [0.29, 0.717) is 5.76 Å². The molecule has 2 aromatic rings. The zero-order valence-corrected chi connectivity index (χ0v) is 9.21. The van der Waals surface area contributed by atoms with Crippen LogP contribution in [0.15, 0.2) is 33.3 Å². The molecular formula is C10H9BrN2O. The van der Waals surface area contributed by atoms with E-state index < -0.39 is 0 Å². The summed E-state index contributed by atoms with van der Waals surface area (Å²) in [6.07, 6.45) is 1.63. The third-order valence-corrected chi connectivity index (χ3v) is 2.92. The van der Waals surface area contributed by atoms with Crippen molar-refractivity contribution in [1.82, 2.24) is 4.98 Å². The normalized spacial score (nSPS) is 10.4. The van der Waals surface area contributed by atoms with Gasteiger partial charge >= 0.3 is 0 Å². The standard InChI is InChI=1S/C10H9BrN2O/c1-6-7(3-2-4-8(6)11)9-5-13-10(12)14-9/h2-5H,1H3,(H2,12,13). The zero-order chi connectivity index (χ0) is 10.1. The van der Waals surface area contributed by atoms with E-state index in [1.54, 1.807) is 6.20 Å². The SMILES string of the molecule is Cc1c(Br)cccc1-c1cnc(N)o1. The lowest BCUT2D eigenvalue weighted by Gasteiger charge is -2.03. The Morgan fingerprint density at radius 1 is 1.43 bits per heavy atom. The molecule has 1 heterocycles. The quantitative estimate of drug-likeness (QED) is 0.849. The molecule has 0 bridgehead atoms. The van der Waals surface area contributed by atoms with Crippen molar-refractivity contribution in [3.05, 3.63) is 34.4 Å². The van der Waals surface area contributed by atoms with Crippen LogP contribution < -0.4 is 5.73 Å². The Morgan fingerprint density at radius 2 is 2.21 bits per heavy atom. The molecule has 0 fully saturated rings. The van der Waals surface area contributed by atoms with Gasteiger partial charge in [-0.3, -0.25) is 0 Å². The van der Waals surface area contributed by atoms with Gasteiger partial charge in [0, 0.05) is 10.0 Å². The summed E-state index contributed by atoms with van der Waals surface area (Å²) in [5, 5.41) is 0. The minimum absolute atomic E-state index is 0.194. The highest BCUT2D eigenvalue weighted by Gasteiger charge is 2.08. The van der Waals surface area contributed by atoms with Crippen LogP contribution in [0.2, 0.25) is 0 Å². The average Bonchev–Trinajstić information content (AvgIpc) is 2.57. The predicted octanol–water partition coefficient (Wildman–Crippen LogP) is 2.99. The number of halogens is 1. The molecule has 0 aliphatic carbocycles. The van der Waals surface area contributed by atoms with E-state index in [2.05, 4.69) is 20.9 Å². The second-order valence-corrected chi connectivity index (χ2v) is 3.83. The number of benzene rings is 1. The van der Waals surface area contributed by atoms with E-state index in [9.17, 15) is 0 Å². The van der Waals surface area contributed by atoms with Crippen molar-refractivity contribution in [3.63, 3.8) is 0 Å². The highest BCUT2D eigenvalue weighted by Crippen LogP contribution is 2.29. The van der Waals surface area contributed by atoms with Gasteiger partial charge in [0.05, 0.1) is 6.20 Å². The van der Waals surface area contributed by atoms with E-state index in [1.807, 2.05) is 25.1 Å². The van der Waals surface area contributed by atoms with E-state index in [0.717, 1.165) is 15.6 Å². The van der Waals surface area contributed by atoms with Gasteiger partial charge in [0.2, 0.25) is 0 Å². The molecular weight excluding hydrogens is 244 g/mol. The molecule has 0 saturated carbocycles. The van der Waals surface area contributed by atoms with Gasteiger partial charge in [-0.1, -0.05) is 28.1 Å². The Kier molecular flexibility index (Phi) is 2.29. The van der Waals surface area contributed by atoms with Gasteiger partial charge in [-0.15, -0.1) is 0 Å². The summed E-state index contributed by atoms with van der Waals surface area (Å²) in [5.74, 6) is 0.696. The van der Waals surface area contributed by atoms with Crippen LogP contribution >= 0.6 is 15.9 Å². The van der Waals surface area contributed by atoms with Crippen LogP contribution in [0.3, 0.4) is 0 Å². The Bertz CT molecular complexity index is 465. The number of oxazole rings is 1. The Balaban J connectivity index is 2.57. The molecule has 14 heavy (non-hydrogen) atoms. The smallest absolute Gasteiger partial charge is 0.292 e. The van der Waals surface area contributed by atoms with Crippen LogP contribution in [-0.4, -0.2) is 4.98 Å². The highest BCUT2D eigenvalue weighted by atomic mass is 79.9. The van der Waals surface area contributed by atoms with Crippen molar-refractivity contribution >= 4 is 21.9 Å². The van der Waals surface area contributed by atoms with Gasteiger partial charge in [0.15, 0.2) is 5.76 Å². The molecule has 0 saturated heterocycles. The van der Waals surface area contributed by atoms with Gasteiger partial charge in [-0.2, -0.15) is 0 Å². The summed E-state index contributed by atoms with van der Waals surface area (Å²) in [5.41, 5.74) is 7.53. The van der Waals surface area contributed by atoms with Crippen LogP contribution in [0, 0.1) is 6.92 Å². The fourth-order valence-corrected chi connectivity index (χ4v) is 1.65. The molecule has 0 amide bonds. The van der Waals surface area contributed by atoms with E-state index >= 15 is 0 Å². The van der Waals surface area contributed by atoms with E-state index in [-0.39, 0.29) is 6.01 Å². The molecule has 2 rings (SSSR count). The van der Waals surface area contributed by atoms with Crippen LogP contribution in [-0.2, 0) is 0 Å². The lowest BCUT2D eigenvalue weighted by molar-refractivity contribution is 0.594. The fourth-order valence-electron chi connectivity index (χ4n) is 1.29. The summed E-state index contributed by atoms with van der Waals surface area (Å²) in [6, 6.07) is 6.10. The fraction of sp³-hybridized carbons (Fsp3) is 0.100. The maximum absolute atomic E-state index is 5.41. The Morgan fingerprint density at radius 3 is 2.86 bits per heavy atom. The number of aromatic nitrogens is 1. The predicted molar refractivity (Wildman–Crippen MR) is 58.8 cm³/mol. The van der Waals surface area contributed by atoms with Crippen molar-refractivity contribution < 1.29 is 4.42 Å². The number of nitrogen functional groups attached to an aromatic ring is 1. The first-order valence-corrected chi connectivity index (χ1v) is 4.94. The van der Waals surface area contributed by atoms with Crippen molar-refractivity contribution in [2.45, 2.75) is 6.92 Å². The molecule has 72 valence electrons. The maximum atomic E-state index is 5.41. The van der Waals surface area contributed by atoms with Gasteiger partial charge in [-0.05, 0) is 18.6 Å². The Labute approximate surface area is 90.1 Å². The molecule has 2 N–H and O–H groups in total. The van der Waals surface area contributed by atoms with Crippen LogP contribution in [0.5, 0.6) is 0 Å². The molecule has 1 aromatic carbocycles. The lowest BCUT2D eigenvalue weighted by Crippen LogP contribution is -1.82. The van der Waals surface area contributed by atoms with Crippen molar-refractivity contribution in [2.24, 2.45) is 0 Å². The lowest BCUT2D eigenvalue weighted by atomic mass is 10.1. The molecule has 0 aliphatic heterocycles. The molecule has 0 unspecified atom stereocenters.